The first-order chi connectivity index (χ1) is 11.0. The third-order valence-corrected chi connectivity index (χ3v) is 4.13. The first-order valence-electron chi connectivity index (χ1n) is 7.64. The second-order valence-corrected chi connectivity index (χ2v) is 5.72. The highest BCUT2D eigenvalue weighted by molar-refractivity contribution is 5.93. The lowest BCUT2D eigenvalue weighted by molar-refractivity contribution is -0.129. The molecule has 1 aromatic heterocycles. The molecule has 6 heteroatoms. The molecule has 0 saturated carbocycles. The van der Waals surface area contributed by atoms with Gasteiger partial charge in [0.25, 0.3) is 5.91 Å². The maximum Gasteiger partial charge on any atom is 0.287 e. The Labute approximate surface area is 133 Å². The SMILES string of the molecule is CC(=O)N1CCC(NC(=O)c2cc(=O)c3ccccc3o2)CC1. The third kappa shape index (κ3) is 3.26. The van der Waals surface area contributed by atoms with Crippen molar-refractivity contribution < 1.29 is 14.0 Å². The van der Waals surface area contributed by atoms with E-state index in [0.717, 1.165) is 0 Å². The molecule has 0 aliphatic carbocycles. The minimum Gasteiger partial charge on any atom is -0.451 e. The van der Waals surface area contributed by atoms with Crippen LogP contribution in [0.5, 0.6) is 0 Å². The van der Waals surface area contributed by atoms with Crippen molar-refractivity contribution in [1.82, 2.24) is 10.2 Å². The van der Waals surface area contributed by atoms with Crippen molar-refractivity contribution in [3.63, 3.8) is 0 Å². The molecule has 0 radical (unpaired) electrons. The zero-order chi connectivity index (χ0) is 16.4. The van der Waals surface area contributed by atoms with Crippen molar-refractivity contribution in [3.05, 3.63) is 46.3 Å². The van der Waals surface area contributed by atoms with Crippen LogP contribution in [-0.2, 0) is 4.79 Å². The lowest BCUT2D eigenvalue weighted by Gasteiger charge is -2.31. The molecule has 23 heavy (non-hydrogen) atoms. The number of nitrogens with one attached hydrogen (secondary N) is 1. The first-order valence-corrected chi connectivity index (χ1v) is 7.64. The Balaban J connectivity index is 1.72. The summed E-state index contributed by atoms with van der Waals surface area (Å²) in [5.74, 6) is -0.327. The highest BCUT2D eigenvalue weighted by Crippen LogP contribution is 2.14. The fourth-order valence-electron chi connectivity index (χ4n) is 2.81. The average molecular weight is 314 g/mol. The first kappa shape index (κ1) is 15.3. The molecular formula is C17H18N2O4. The van der Waals surface area contributed by atoms with Crippen molar-refractivity contribution in [2.75, 3.05) is 13.1 Å². The number of likely N-dealkylation sites (tertiary alicyclic amines) is 1. The molecule has 1 fully saturated rings. The van der Waals surface area contributed by atoms with Gasteiger partial charge in [0.05, 0.1) is 5.39 Å². The van der Waals surface area contributed by atoms with Crippen molar-refractivity contribution in [3.8, 4) is 0 Å². The van der Waals surface area contributed by atoms with Gasteiger partial charge in [-0.15, -0.1) is 0 Å². The van der Waals surface area contributed by atoms with Crippen molar-refractivity contribution in [1.29, 1.82) is 0 Å². The van der Waals surface area contributed by atoms with E-state index in [0.29, 0.717) is 36.9 Å². The number of piperidine rings is 1. The number of hydrogen-bond donors (Lipinski definition) is 1. The number of amides is 2. The smallest absolute Gasteiger partial charge is 0.287 e. The molecule has 120 valence electrons. The maximum absolute atomic E-state index is 12.3. The Morgan fingerprint density at radius 1 is 1.22 bits per heavy atom. The quantitative estimate of drug-likeness (QED) is 0.912. The molecule has 2 aromatic rings. The standard InChI is InChI=1S/C17H18N2O4/c1-11(20)19-8-6-12(7-9-19)18-17(22)16-10-14(21)13-4-2-3-5-15(13)23-16/h2-5,10,12H,6-9H2,1H3,(H,18,22). The highest BCUT2D eigenvalue weighted by atomic mass is 16.3. The van der Waals surface area contributed by atoms with Gasteiger partial charge in [0.1, 0.15) is 5.58 Å². The molecule has 1 aromatic carbocycles. The number of para-hydroxylation sites is 1. The fraction of sp³-hybridized carbons (Fsp3) is 0.353. The predicted octanol–water partition coefficient (Wildman–Crippen LogP) is 1.53. The molecule has 2 amide bonds. The molecule has 0 spiro atoms. The number of hydrogen-bond acceptors (Lipinski definition) is 4. The van der Waals surface area contributed by atoms with E-state index in [2.05, 4.69) is 5.32 Å². The van der Waals surface area contributed by atoms with Crippen LogP contribution in [-0.4, -0.2) is 35.8 Å². The molecule has 1 aliphatic heterocycles. The summed E-state index contributed by atoms with van der Waals surface area (Å²) in [6.07, 6.45) is 1.40. The van der Waals surface area contributed by atoms with Crippen molar-refractivity contribution in [2.45, 2.75) is 25.8 Å². The molecule has 0 bridgehead atoms. The van der Waals surface area contributed by atoms with Gasteiger partial charge in [0.15, 0.2) is 11.2 Å². The monoisotopic (exact) mass is 314 g/mol. The van der Waals surface area contributed by atoms with Crippen molar-refractivity contribution >= 4 is 22.8 Å². The summed E-state index contributed by atoms with van der Waals surface area (Å²) < 4.78 is 5.53. The zero-order valence-corrected chi connectivity index (χ0v) is 12.9. The molecule has 0 atom stereocenters. The van der Waals surface area contributed by atoms with Crippen LogP contribution in [0.3, 0.4) is 0 Å². The molecular weight excluding hydrogens is 296 g/mol. The molecule has 1 aliphatic rings. The van der Waals surface area contributed by atoms with Gasteiger partial charge in [0, 0.05) is 32.1 Å². The molecule has 0 unspecified atom stereocenters. The van der Waals surface area contributed by atoms with Crippen molar-refractivity contribution in [2.24, 2.45) is 0 Å². The van der Waals surface area contributed by atoms with E-state index >= 15 is 0 Å². The van der Waals surface area contributed by atoms with Crippen LogP contribution in [0.2, 0.25) is 0 Å². The van der Waals surface area contributed by atoms with Gasteiger partial charge in [-0.25, -0.2) is 0 Å². The Morgan fingerprint density at radius 3 is 2.61 bits per heavy atom. The third-order valence-electron chi connectivity index (χ3n) is 4.13. The van der Waals surface area contributed by atoms with E-state index in [1.54, 1.807) is 36.1 Å². The Hall–Kier alpha value is -2.63. The highest BCUT2D eigenvalue weighted by Gasteiger charge is 2.23. The molecule has 1 saturated heterocycles. The fourth-order valence-corrected chi connectivity index (χ4v) is 2.81. The summed E-state index contributed by atoms with van der Waals surface area (Å²) in [4.78, 5) is 37.4. The molecule has 1 N–H and O–H groups in total. The van der Waals surface area contributed by atoms with Crippen LogP contribution < -0.4 is 10.7 Å². The summed E-state index contributed by atoms with van der Waals surface area (Å²) in [6, 6.07) is 8.04. The minimum atomic E-state index is -0.394. The van der Waals surface area contributed by atoms with E-state index in [4.69, 9.17) is 4.42 Å². The summed E-state index contributed by atoms with van der Waals surface area (Å²) >= 11 is 0. The second-order valence-electron chi connectivity index (χ2n) is 5.72. The van der Waals surface area contributed by atoms with Gasteiger partial charge in [-0.2, -0.15) is 0 Å². The largest absolute Gasteiger partial charge is 0.451 e. The summed E-state index contributed by atoms with van der Waals surface area (Å²) in [5, 5.41) is 3.33. The lowest BCUT2D eigenvalue weighted by Crippen LogP contribution is -2.46. The Kier molecular flexibility index (Phi) is 4.14. The Morgan fingerprint density at radius 2 is 1.91 bits per heavy atom. The van der Waals surface area contributed by atoms with Gasteiger partial charge >= 0.3 is 0 Å². The van der Waals surface area contributed by atoms with Crippen LogP contribution in [0.15, 0.2) is 39.5 Å². The van der Waals surface area contributed by atoms with E-state index < -0.39 is 5.91 Å². The Bertz CT molecular complexity index is 804. The number of carbonyl (C=O) groups is 2. The predicted molar refractivity (Wildman–Crippen MR) is 85.2 cm³/mol. The van der Waals surface area contributed by atoms with E-state index in [9.17, 15) is 14.4 Å². The average Bonchev–Trinajstić information content (AvgIpc) is 2.55. The van der Waals surface area contributed by atoms with E-state index in [-0.39, 0.29) is 23.1 Å². The number of nitrogens with zero attached hydrogens (tertiary/aromatic N) is 1. The van der Waals surface area contributed by atoms with Crippen LogP contribution in [0.25, 0.3) is 11.0 Å². The normalized spacial score (nSPS) is 15.6. The summed E-state index contributed by atoms with van der Waals surface area (Å²) in [6.45, 7) is 2.80. The molecule has 3 rings (SSSR count). The topological polar surface area (TPSA) is 79.6 Å². The zero-order valence-electron chi connectivity index (χ0n) is 12.9. The van der Waals surface area contributed by atoms with E-state index in [1.165, 1.54) is 6.07 Å². The lowest BCUT2D eigenvalue weighted by atomic mass is 10.0. The second kappa shape index (κ2) is 6.24. The van der Waals surface area contributed by atoms with Gasteiger partial charge in [-0.3, -0.25) is 14.4 Å². The molecule has 2 heterocycles. The van der Waals surface area contributed by atoms with Gasteiger partial charge in [-0.1, -0.05) is 12.1 Å². The van der Waals surface area contributed by atoms with Gasteiger partial charge in [-0.05, 0) is 25.0 Å². The van der Waals surface area contributed by atoms with Gasteiger partial charge in [0.2, 0.25) is 5.91 Å². The maximum atomic E-state index is 12.3. The minimum absolute atomic E-state index is 0.0164. The van der Waals surface area contributed by atoms with Crippen LogP contribution in [0.1, 0.15) is 30.3 Å². The molecule has 6 nitrogen and oxygen atoms in total. The number of rotatable bonds is 2. The van der Waals surface area contributed by atoms with Crippen LogP contribution in [0.4, 0.5) is 0 Å². The summed E-state index contributed by atoms with van der Waals surface area (Å²) in [5.41, 5.74) is 0.167. The van der Waals surface area contributed by atoms with Crippen LogP contribution in [0, 0.1) is 0 Å². The number of carbonyl (C=O) groups excluding carboxylic acids is 2. The van der Waals surface area contributed by atoms with Gasteiger partial charge < -0.3 is 14.6 Å². The summed E-state index contributed by atoms with van der Waals surface area (Å²) in [7, 11) is 0. The van der Waals surface area contributed by atoms with E-state index in [1.807, 2.05) is 0 Å². The number of benzene rings is 1. The van der Waals surface area contributed by atoms with Crippen LogP contribution >= 0.6 is 0 Å². The number of fused-ring (bicyclic) bond motifs is 1.